The third kappa shape index (κ3) is 23.2. The Labute approximate surface area is 222 Å². The van der Waals surface area contributed by atoms with Crippen molar-refractivity contribution in [2.45, 2.75) is 20.1 Å². The van der Waals surface area contributed by atoms with Crippen LogP contribution in [0.2, 0.25) is 0 Å². The average molecular weight is 571 g/mol. The number of methoxy groups -OCH3 is 1. The fourth-order valence-corrected chi connectivity index (χ4v) is 1.75. The first kappa shape index (κ1) is 35.8. The molecular weight excluding hydrogens is 541 g/mol. The Hall–Kier alpha value is -1.74. The van der Waals surface area contributed by atoms with E-state index in [0.717, 1.165) is 25.9 Å². The van der Waals surface area contributed by atoms with Crippen LogP contribution in [-0.2, 0) is 63.0 Å². The predicted molar refractivity (Wildman–Crippen MR) is 111 cm³/mol. The summed E-state index contributed by atoms with van der Waals surface area (Å²) in [6, 6.07) is 3.17. The van der Waals surface area contributed by atoms with E-state index in [1.54, 1.807) is 25.4 Å². The molecule has 15 heteroatoms. The summed E-state index contributed by atoms with van der Waals surface area (Å²) < 4.78 is 9.72. The third-order valence-corrected chi connectivity index (χ3v) is 3.10. The van der Waals surface area contributed by atoms with Gasteiger partial charge >= 0.3 is 5.09 Å². The molecule has 1 aliphatic rings. The number of aromatic nitrogens is 1. The summed E-state index contributed by atoms with van der Waals surface area (Å²) >= 11 is 4.50. The van der Waals surface area contributed by atoms with Crippen LogP contribution in [0.5, 0.6) is 0 Å². The number of halogens is 1. The first-order chi connectivity index (χ1) is 15.4. The molecule has 2 heterocycles. The minimum Gasteiger partial charge on any atom is -0.682 e. The first-order valence-electron chi connectivity index (χ1n) is 9.19. The van der Waals surface area contributed by atoms with Crippen LogP contribution in [0.25, 0.3) is 5.32 Å². The second-order valence-electron chi connectivity index (χ2n) is 5.34. The number of ether oxygens (including phenoxy) is 1. The van der Waals surface area contributed by atoms with E-state index < -0.39 is 5.09 Å². The van der Waals surface area contributed by atoms with Crippen molar-refractivity contribution < 1.29 is 81.2 Å². The van der Waals surface area contributed by atoms with Crippen LogP contribution in [0.15, 0.2) is 36.3 Å². The van der Waals surface area contributed by atoms with Gasteiger partial charge in [-0.3, -0.25) is 13.9 Å². The van der Waals surface area contributed by atoms with Gasteiger partial charge in [-0.25, -0.2) is 10.5 Å². The molecule has 1 amide bonds. The molecule has 0 fully saturated rings. The average Bonchev–Trinajstić information content (AvgIpc) is 3.32. The standard InChI is InChI=1S/C9H11N3O6.C5H6NO.C3H8O.CH3ClO.Y/c13-9(10-3-5-17-12(14)15)8-2-1-4-11(6-8)7-18-16;7-4-5-2-1-3-6-5;1-3-4-2;1-3-2;/h1-2,4,6H,3,5,7H2,(H-2,10,13,14,15,16);2,4H,1,3H2;3H2,1-2H3;1H3;/q;-1;;;/p+2. The maximum Gasteiger partial charge on any atom is 0.475 e. The summed E-state index contributed by atoms with van der Waals surface area (Å²) in [5, 5.41) is 22.0. The Morgan fingerprint density at radius 2 is 2.06 bits per heavy atom. The first-order valence-corrected chi connectivity index (χ1v) is 9.50. The Morgan fingerprint density at radius 3 is 2.48 bits per heavy atom. The van der Waals surface area contributed by atoms with Crippen molar-refractivity contribution in [1.82, 2.24) is 5.32 Å². The molecule has 1 aliphatic heterocycles. The summed E-state index contributed by atoms with van der Waals surface area (Å²) in [6.07, 6.45) is 6.64. The molecule has 0 aromatic carbocycles. The number of pyridine rings is 1. The van der Waals surface area contributed by atoms with Crippen LogP contribution < -0.4 is 9.88 Å². The number of aldehydes is 1. The van der Waals surface area contributed by atoms with Crippen LogP contribution in [0.3, 0.4) is 0 Å². The Balaban J connectivity index is -0.000000492. The molecule has 0 saturated heterocycles. The number of carbonyl (C=O) groups is 2. The third-order valence-electron chi connectivity index (χ3n) is 3.10. The van der Waals surface area contributed by atoms with Gasteiger partial charge in [0.05, 0.1) is 25.5 Å². The van der Waals surface area contributed by atoms with Crippen LogP contribution in [0, 0.1) is 4.91 Å². The topological polar surface area (TPSA) is 162 Å². The maximum atomic E-state index is 11.6. The van der Waals surface area contributed by atoms with E-state index in [0.29, 0.717) is 11.3 Å². The molecule has 185 valence electrons. The van der Waals surface area contributed by atoms with E-state index in [1.165, 1.54) is 17.9 Å². The Bertz CT molecular complexity index is 682. The minimum atomic E-state index is -0.679. The molecular formula is C18H30ClN4O9Y+. The van der Waals surface area contributed by atoms with Crippen LogP contribution in [-0.4, -0.2) is 68.3 Å². The zero-order valence-electron chi connectivity index (χ0n) is 18.8. The van der Waals surface area contributed by atoms with E-state index in [2.05, 4.69) is 41.3 Å². The van der Waals surface area contributed by atoms with Gasteiger partial charge in [0.25, 0.3) is 12.6 Å². The molecule has 1 radical (unpaired) electrons. The number of carbonyl (C=O) groups excluding carboxylic acids is 2. The van der Waals surface area contributed by atoms with E-state index in [4.69, 9.17) is 10.5 Å². The van der Waals surface area contributed by atoms with Crippen molar-refractivity contribution in [3.05, 3.63) is 52.1 Å². The predicted octanol–water partition coefficient (Wildman–Crippen LogP) is 1.53. The Kier molecular flexibility index (Phi) is 28.8. The molecule has 0 bridgehead atoms. The number of nitrogens with zero attached hydrogens (tertiary/aromatic N) is 3. The molecule has 0 spiro atoms. The normalized spacial score (nSPS) is 10.6. The molecule has 0 atom stereocenters. The number of hydrogen-bond donors (Lipinski definition) is 3. The number of nitrogens with one attached hydrogen (secondary N) is 1. The van der Waals surface area contributed by atoms with E-state index >= 15 is 0 Å². The summed E-state index contributed by atoms with van der Waals surface area (Å²) in [4.78, 5) is 39.5. The van der Waals surface area contributed by atoms with Gasteiger partial charge in [0.1, 0.15) is 16.8 Å². The van der Waals surface area contributed by atoms with Crippen molar-refractivity contribution in [2.75, 3.05) is 40.5 Å². The van der Waals surface area contributed by atoms with E-state index in [-0.39, 0.29) is 58.5 Å². The van der Waals surface area contributed by atoms with Crippen LogP contribution >= 0.6 is 11.9 Å². The zero-order chi connectivity index (χ0) is 24.6. The zero-order valence-corrected chi connectivity index (χ0v) is 22.4. The molecule has 3 N–H and O–H groups in total. The molecule has 1 aromatic rings. The number of rotatable bonds is 9. The van der Waals surface area contributed by atoms with Crippen molar-refractivity contribution in [3.8, 4) is 0 Å². The second-order valence-corrected chi connectivity index (χ2v) is 5.65. The van der Waals surface area contributed by atoms with Crippen LogP contribution in [0.4, 0.5) is 0 Å². The van der Waals surface area contributed by atoms with E-state index in [1.807, 2.05) is 13.0 Å². The van der Waals surface area contributed by atoms with Crippen molar-refractivity contribution in [1.29, 1.82) is 0 Å². The molecule has 0 saturated carbocycles. The van der Waals surface area contributed by atoms with Crippen LogP contribution in [0.1, 0.15) is 23.7 Å². The summed E-state index contributed by atoms with van der Waals surface area (Å²) in [7, 11) is 3.07. The van der Waals surface area contributed by atoms with Gasteiger partial charge in [-0.15, -0.1) is 12.2 Å². The molecule has 2 rings (SSSR count). The summed E-state index contributed by atoms with van der Waals surface area (Å²) in [5.41, 5.74) is 0.956. The fourth-order valence-electron chi connectivity index (χ4n) is 1.75. The largest absolute Gasteiger partial charge is 0.682 e. The van der Waals surface area contributed by atoms with E-state index in [9.17, 15) is 14.5 Å². The number of amides is 1. The van der Waals surface area contributed by atoms with Gasteiger partial charge in [-0.1, -0.05) is 12.5 Å². The second kappa shape index (κ2) is 26.5. The quantitative estimate of drug-likeness (QED) is 0.131. The van der Waals surface area contributed by atoms with Gasteiger partial charge in [-0.05, 0) is 13.0 Å². The van der Waals surface area contributed by atoms with Gasteiger partial charge < -0.3 is 15.4 Å². The molecule has 0 unspecified atom stereocenters. The van der Waals surface area contributed by atoms with Crippen molar-refractivity contribution in [3.63, 3.8) is 0 Å². The monoisotopic (exact) mass is 570 g/mol. The molecule has 1 aromatic heterocycles. The van der Waals surface area contributed by atoms with Crippen molar-refractivity contribution >= 4 is 24.1 Å². The molecule has 33 heavy (non-hydrogen) atoms. The maximum absolute atomic E-state index is 11.6. The molecule has 0 aliphatic carbocycles. The fraction of sp³-hybridized carbons (Fsp3) is 0.500. The summed E-state index contributed by atoms with van der Waals surface area (Å²) in [6.45, 7) is 3.38. The van der Waals surface area contributed by atoms with Gasteiger partial charge in [0.2, 0.25) is 0 Å². The smallest absolute Gasteiger partial charge is 0.475 e. The SMILES string of the molecule is CCOC.COCl.O=C(NCCO[N+](=O)O)c1ccc[n+](COO)c1.O=CC1=CCC[N-]1.[Y]. The Morgan fingerprint density at radius 1 is 1.42 bits per heavy atom. The van der Waals surface area contributed by atoms with Gasteiger partial charge in [0, 0.05) is 52.5 Å². The van der Waals surface area contributed by atoms with Crippen molar-refractivity contribution in [2.24, 2.45) is 0 Å². The van der Waals surface area contributed by atoms with Gasteiger partial charge in [0.15, 0.2) is 19.0 Å². The minimum absolute atomic E-state index is 0. The number of hydrogen-bond acceptors (Lipinski definition) is 8. The van der Waals surface area contributed by atoms with Gasteiger partial charge in [-0.2, -0.15) is 14.3 Å². The summed E-state index contributed by atoms with van der Waals surface area (Å²) in [5.74, 6) is -0.388. The number of allylic oxidation sites excluding steroid dienone is 1. The molecule has 13 nitrogen and oxygen atoms in total.